The molecule has 2 aromatic carbocycles. The van der Waals surface area contributed by atoms with Crippen molar-refractivity contribution in [1.29, 1.82) is 0 Å². The minimum atomic E-state index is -1.07. The van der Waals surface area contributed by atoms with Crippen LogP contribution in [-0.4, -0.2) is 43.3 Å². The molecule has 0 spiro atoms. The van der Waals surface area contributed by atoms with Crippen molar-refractivity contribution in [2.45, 2.75) is 78.3 Å². The van der Waals surface area contributed by atoms with Gasteiger partial charge in [-0.2, -0.15) is 5.10 Å². The van der Waals surface area contributed by atoms with Crippen LogP contribution in [0.15, 0.2) is 54.7 Å². The van der Waals surface area contributed by atoms with Gasteiger partial charge in [-0.05, 0) is 85.0 Å². The molecule has 1 amide bonds. The number of carbonyl (C=O) groups excluding carboxylic acids is 1. The zero-order valence-electron chi connectivity index (χ0n) is 27.1. The summed E-state index contributed by atoms with van der Waals surface area (Å²) in [5.74, 6) is 0.219. The molecule has 1 aliphatic heterocycles. The first-order chi connectivity index (χ1) is 22.8. The summed E-state index contributed by atoms with van der Waals surface area (Å²) in [7, 11) is 0. The van der Waals surface area contributed by atoms with Gasteiger partial charge in [0.15, 0.2) is 10.8 Å². The Bertz CT molecular complexity index is 1940. The highest BCUT2D eigenvalue weighted by atomic mass is 32.1. The van der Waals surface area contributed by atoms with E-state index in [2.05, 4.69) is 40.2 Å². The Hall–Kier alpha value is -4.57. The van der Waals surface area contributed by atoms with Crippen molar-refractivity contribution in [3.8, 4) is 11.1 Å². The normalized spacial score (nSPS) is 15.3. The van der Waals surface area contributed by atoms with E-state index in [9.17, 15) is 14.7 Å². The number of thiazole rings is 1. The second-order valence-electron chi connectivity index (χ2n) is 13.1. The molecule has 3 aromatic heterocycles. The van der Waals surface area contributed by atoms with E-state index < -0.39 is 5.97 Å². The van der Waals surface area contributed by atoms with Gasteiger partial charge in [0, 0.05) is 42.0 Å². The summed E-state index contributed by atoms with van der Waals surface area (Å²) in [6, 6.07) is 15.6. The minimum absolute atomic E-state index is 0.0124. The Morgan fingerprint density at radius 1 is 1.00 bits per heavy atom. The Balaban J connectivity index is 1.18. The average molecular weight is 649 g/mol. The molecule has 9 nitrogen and oxygen atoms in total. The fourth-order valence-electron chi connectivity index (χ4n) is 7.26. The van der Waals surface area contributed by atoms with E-state index >= 15 is 0 Å². The molecular formula is C37H40N6O3S. The van der Waals surface area contributed by atoms with Crippen molar-refractivity contribution in [3.05, 3.63) is 88.4 Å². The van der Waals surface area contributed by atoms with Gasteiger partial charge in [-0.1, -0.05) is 62.6 Å². The number of aromatic carboxylic acids is 1. The summed E-state index contributed by atoms with van der Waals surface area (Å²) in [6.45, 7) is 8.32. The highest BCUT2D eigenvalue weighted by Gasteiger charge is 2.28. The number of hydrogen-bond donors (Lipinski definition) is 2. The number of nitrogens with one attached hydrogen (secondary N) is 1. The number of fused-ring (bicyclic) bond motifs is 2. The van der Waals surface area contributed by atoms with Gasteiger partial charge < -0.3 is 10.0 Å². The molecule has 4 heterocycles. The van der Waals surface area contributed by atoms with Gasteiger partial charge in [-0.25, -0.2) is 14.8 Å². The van der Waals surface area contributed by atoms with Gasteiger partial charge in [-0.3, -0.25) is 14.8 Å². The molecule has 5 aromatic rings. The van der Waals surface area contributed by atoms with Gasteiger partial charge >= 0.3 is 5.97 Å². The third-order valence-corrected chi connectivity index (χ3v) is 10.7. The third-order valence-electron chi connectivity index (χ3n) is 9.79. The molecule has 0 saturated heterocycles. The number of carboxylic acid groups (broad SMARTS) is 1. The van der Waals surface area contributed by atoms with Gasteiger partial charge in [0.05, 0.1) is 16.4 Å². The molecule has 2 N–H and O–H groups in total. The van der Waals surface area contributed by atoms with Crippen LogP contribution in [0.5, 0.6) is 0 Å². The lowest BCUT2D eigenvalue weighted by molar-refractivity contribution is 0.0691. The second-order valence-corrected chi connectivity index (χ2v) is 14.2. The van der Waals surface area contributed by atoms with Crippen LogP contribution in [0.1, 0.15) is 95.1 Å². The number of anilines is 2. The van der Waals surface area contributed by atoms with Crippen LogP contribution in [0.2, 0.25) is 0 Å². The molecule has 7 rings (SSSR count). The van der Waals surface area contributed by atoms with Crippen molar-refractivity contribution in [1.82, 2.24) is 19.7 Å². The first-order valence-corrected chi connectivity index (χ1v) is 17.4. The van der Waals surface area contributed by atoms with Crippen LogP contribution in [0.25, 0.3) is 21.3 Å². The Labute approximate surface area is 278 Å². The summed E-state index contributed by atoms with van der Waals surface area (Å²) < 4.78 is 3.04. The number of carbonyl (C=O) groups is 2. The quantitative estimate of drug-likeness (QED) is 0.175. The Kier molecular flexibility index (Phi) is 8.53. The monoisotopic (exact) mass is 648 g/mol. The zero-order chi connectivity index (χ0) is 32.7. The number of hydrogen-bond acceptors (Lipinski definition) is 7. The third kappa shape index (κ3) is 6.14. The van der Waals surface area contributed by atoms with E-state index in [-0.39, 0.29) is 11.6 Å². The first kappa shape index (κ1) is 31.1. The first-order valence-electron chi connectivity index (χ1n) is 16.6. The van der Waals surface area contributed by atoms with Crippen molar-refractivity contribution < 1.29 is 14.7 Å². The standard InChI is InChI=1S/C37H40N6O3S/c1-22(2)25-13-14-28(35(44)41-37-39-31-11-7-8-12-32(31)47-37)30-21-42(18-17-26(25)30)33-16-15-27(34(40-33)36(45)46)29-19-38-43(23(29)3)20-24-9-5-4-6-10-24/h7-8,11-16,19,22,24H,4-6,9-10,17-18,20-21H2,1-3H3,(H,45,46)(H,39,41,44). The molecule has 2 aliphatic rings. The Morgan fingerprint density at radius 3 is 2.57 bits per heavy atom. The number of benzene rings is 2. The molecule has 10 heteroatoms. The second kappa shape index (κ2) is 12.9. The number of nitrogens with zero attached hydrogens (tertiary/aromatic N) is 5. The van der Waals surface area contributed by atoms with Crippen molar-refractivity contribution >= 4 is 44.4 Å². The summed E-state index contributed by atoms with van der Waals surface area (Å²) in [6.07, 6.45) is 8.78. The summed E-state index contributed by atoms with van der Waals surface area (Å²) in [5.41, 5.74) is 7.17. The van der Waals surface area contributed by atoms with Crippen molar-refractivity contribution in [2.75, 3.05) is 16.8 Å². The topological polar surface area (TPSA) is 113 Å². The summed E-state index contributed by atoms with van der Waals surface area (Å²) >= 11 is 1.45. The maximum atomic E-state index is 13.7. The number of para-hydroxylation sites is 1. The lowest BCUT2D eigenvalue weighted by Crippen LogP contribution is -2.34. The molecule has 0 radical (unpaired) electrons. The average Bonchev–Trinajstić information content (AvgIpc) is 3.66. The molecule has 242 valence electrons. The van der Waals surface area contributed by atoms with E-state index in [4.69, 9.17) is 4.98 Å². The number of amides is 1. The fourth-order valence-corrected chi connectivity index (χ4v) is 8.12. The van der Waals surface area contributed by atoms with Crippen molar-refractivity contribution in [3.63, 3.8) is 0 Å². The van der Waals surface area contributed by atoms with Crippen LogP contribution in [0, 0.1) is 12.8 Å². The maximum absolute atomic E-state index is 13.7. The highest BCUT2D eigenvalue weighted by Crippen LogP contribution is 2.35. The Morgan fingerprint density at radius 2 is 1.81 bits per heavy atom. The lowest BCUT2D eigenvalue weighted by atomic mass is 9.86. The predicted molar refractivity (Wildman–Crippen MR) is 187 cm³/mol. The molecule has 0 atom stereocenters. The van der Waals surface area contributed by atoms with Crippen molar-refractivity contribution in [2.24, 2.45) is 5.92 Å². The molecule has 1 saturated carbocycles. The molecule has 0 bridgehead atoms. The lowest BCUT2D eigenvalue weighted by Gasteiger charge is -2.33. The largest absolute Gasteiger partial charge is 0.476 e. The van der Waals surface area contributed by atoms with E-state index in [1.165, 1.54) is 54.6 Å². The van der Waals surface area contributed by atoms with E-state index in [0.29, 0.717) is 47.0 Å². The number of rotatable bonds is 8. The SMILES string of the molecule is Cc1c(-c2ccc(N3CCc4c(C(C)C)ccc(C(=O)Nc5nc6ccccc6s5)c4C3)nc2C(=O)O)cnn1CC1CCCCC1. The molecular weight excluding hydrogens is 609 g/mol. The van der Waals surface area contributed by atoms with E-state index in [0.717, 1.165) is 40.0 Å². The highest BCUT2D eigenvalue weighted by molar-refractivity contribution is 7.22. The van der Waals surface area contributed by atoms with E-state index in [1.807, 2.05) is 54.1 Å². The summed E-state index contributed by atoms with van der Waals surface area (Å²) in [4.78, 5) is 37.7. The molecule has 1 fully saturated rings. The van der Waals surface area contributed by atoms with Crippen LogP contribution in [0.3, 0.4) is 0 Å². The van der Waals surface area contributed by atoms with E-state index in [1.54, 1.807) is 6.20 Å². The number of aromatic nitrogens is 4. The predicted octanol–water partition coefficient (Wildman–Crippen LogP) is 8.08. The molecule has 0 unspecified atom stereocenters. The van der Waals surface area contributed by atoms with Crippen LogP contribution in [0.4, 0.5) is 10.9 Å². The smallest absolute Gasteiger partial charge is 0.355 e. The number of pyridine rings is 1. The molecule has 47 heavy (non-hydrogen) atoms. The van der Waals surface area contributed by atoms with Crippen LogP contribution in [-0.2, 0) is 19.5 Å². The zero-order valence-corrected chi connectivity index (χ0v) is 27.9. The van der Waals surface area contributed by atoms with Crippen LogP contribution < -0.4 is 10.2 Å². The maximum Gasteiger partial charge on any atom is 0.355 e. The minimum Gasteiger partial charge on any atom is -0.476 e. The van der Waals surface area contributed by atoms with Crippen LogP contribution >= 0.6 is 11.3 Å². The number of carboxylic acids is 1. The fraction of sp³-hybridized carbons (Fsp3) is 0.378. The van der Waals surface area contributed by atoms with Gasteiger partial charge in [0.2, 0.25) is 0 Å². The summed E-state index contributed by atoms with van der Waals surface area (Å²) in [5, 5.41) is 18.6. The molecule has 1 aliphatic carbocycles. The van der Waals surface area contributed by atoms with Gasteiger partial charge in [0.25, 0.3) is 5.91 Å². The van der Waals surface area contributed by atoms with Gasteiger partial charge in [0.1, 0.15) is 5.82 Å². The van der Waals surface area contributed by atoms with Gasteiger partial charge in [-0.15, -0.1) is 0 Å².